The van der Waals surface area contributed by atoms with Crippen LogP contribution in [0.1, 0.15) is 30.4 Å². The van der Waals surface area contributed by atoms with Gasteiger partial charge < -0.3 is 14.6 Å². The number of rotatable bonds is 4. The molecule has 116 valence electrons. The van der Waals surface area contributed by atoms with Gasteiger partial charge in [-0.3, -0.25) is 4.90 Å². The van der Waals surface area contributed by atoms with E-state index in [1.165, 1.54) is 5.56 Å². The lowest BCUT2D eigenvalue weighted by molar-refractivity contribution is -0.182. The summed E-state index contributed by atoms with van der Waals surface area (Å²) in [6, 6.07) is 8.14. The molecule has 0 spiro atoms. The molecule has 1 aromatic carbocycles. The standard InChI is InChI=1S/C17H25NO3/c1-14-5-2-3-6-15(14)17(19)8-10-18(13-17)9-7-16-20-11-4-12-21-16/h2-3,5-6,16,19H,4,7-13H2,1H3. The van der Waals surface area contributed by atoms with Gasteiger partial charge in [-0.25, -0.2) is 0 Å². The minimum Gasteiger partial charge on any atom is -0.384 e. The number of aryl methyl sites for hydroxylation is 1. The molecule has 0 bridgehead atoms. The first kappa shape index (κ1) is 15.0. The zero-order chi connectivity index (χ0) is 14.7. The van der Waals surface area contributed by atoms with E-state index in [1.807, 2.05) is 18.2 Å². The van der Waals surface area contributed by atoms with Crippen molar-refractivity contribution in [3.63, 3.8) is 0 Å². The van der Waals surface area contributed by atoms with Gasteiger partial charge in [-0.05, 0) is 30.9 Å². The van der Waals surface area contributed by atoms with E-state index in [2.05, 4.69) is 17.9 Å². The van der Waals surface area contributed by atoms with Crippen molar-refractivity contribution in [1.29, 1.82) is 0 Å². The smallest absolute Gasteiger partial charge is 0.158 e. The van der Waals surface area contributed by atoms with Crippen molar-refractivity contribution in [2.24, 2.45) is 0 Å². The van der Waals surface area contributed by atoms with Gasteiger partial charge in [0.15, 0.2) is 6.29 Å². The topological polar surface area (TPSA) is 41.9 Å². The molecule has 21 heavy (non-hydrogen) atoms. The fourth-order valence-electron chi connectivity index (χ4n) is 3.37. The molecular weight excluding hydrogens is 266 g/mol. The monoisotopic (exact) mass is 291 g/mol. The largest absolute Gasteiger partial charge is 0.384 e. The first-order valence-corrected chi connectivity index (χ1v) is 7.91. The van der Waals surface area contributed by atoms with Gasteiger partial charge in [-0.2, -0.15) is 0 Å². The van der Waals surface area contributed by atoms with E-state index in [-0.39, 0.29) is 6.29 Å². The predicted molar refractivity (Wildman–Crippen MR) is 81.1 cm³/mol. The maximum atomic E-state index is 10.9. The molecule has 4 heteroatoms. The minimum absolute atomic E-state index is 0.0640. The van der Waals surface area contributed by atoms with E-state index in [9.17, 15) is 5.11 Å². The zero-order valence-electron chi connectivity index (χ0n) is 12.8. The average Bonchev–Trinajstić information content (AvgIpc) is 2.89. The lowest BCUT2D eigenvalue weighted by Gasteiger charge is -2.27. The lowest BCUT2D eigenvalue weighted by Crippen LogP contribution is -2.34. The molecule has 1 unspecified atom stereocenters. The normalized spacial score (nSPS) is 28.1. The Morgan fingerprint density at radius 1 is 1.29 bits per heavy atom. The summed E-state index contributed by atoms with van der Waals surface area (Å²) >= 11 is 0. The van der Waals surface area contributed by atoms with Crippen molar-refractivity contribution < 1.29 is 14.6 Å². The van der Waals surface area contributed by atoms with Crippen molar-refractivity contribution in [1.82, 2.24) is 4.90 Å². The van der Waals surface area contributed by atoms with Gasteiger partial charge in [0, 0.05) is 26.1 Å². The van der Waals surface area contributed by atoms with E-state index >= 15 is 0 Å². The fraction of sp³-hybridized carbons (Fsp3) is 0.647. The summed E-state index contributed by atoms with van der Waals surface area (Å²) in [7, 11) is 0. The van der Waals surface area contributed by atoms with Crippen LogP contribution in [-0.4, -0.2) is 49.1 Å². The highest BCUT2D eigenvalue weighted by molar-refractivity contribution is 5.32. The number of nitrogens with zero attached hydrogens (tertiary/aromatic N) is 1. The zero-order valence-corrected chi connectivity index (χ0v) is 12.8. The van der Waals surface area contributed by atoms with Gasteiger partial charge >= 0.3 is 0 Å². The van der Waals surface area contributed by atoms with E-state index in [4.69, 9.17) is 9.47 Å². The molecule has 4 nitrogen and oxygen atoms in total. The van der Waals surface area contributed by atoms with Crippen molar-refractivity contribution in [2.45, 2.75) is 38.1 Å². The van der Waals surface area contributed by atoms with Crippen molar-refractivity contribution >= 4 is 0 Å². The van der Waals surface area contributed by atoms with Crippen LogP contribution in [0.25, 0.3) is 0 Å². The maximum absolute atomic E-state index is 10.9. The second-order valence-electron chi connectivity index (χ2n) is 6.19. The average molecular weight is 291 g/mol. The van der Waals surface area contributed by atoms with Crippen LogP contribution in [-0.2, 0) is 15.1 Å². The number of hydrogen-bond donors (Lipinski definition) is 1. The molecule has 1 atom stereocenters. The Bertz CT molecular complexity index is 473. The van der Waals surface area contributed by atoms with Crippen LogP contribution in [0.3, 0.4) is 0 Å². The molecule has 1 N–H and O–H groups in total. The van der Waals surface area contributed by atoms with E-state index in [0.717, 1.165) is 51.1 Å². The second kappa shape index (κ2) is 6.44. The van der Waals surface area contributed by atoms with Gasteiger partial charge in [0.2, 0.25) is 0 Å². The first-order valence-electron chi connectivity index (χ1n) is 7.91. The van der Waals surface area contributed by atoms with Gasteiger partial charge in [0.05, 0.1) is 13.2 Å². The number of likely N-dealkylation sites (tertiary alicyclic amines) is 1. The summed E-state index contributed by atoms with van der Waals surface area (Å²) in [5.74, 6) is 0. The third-order valence-corrected chi connectivity index (χ3v) is 4.55. The molecule has 2 fully saturated rings. The Balaban J connectivity index is 1.56. The maximum Gasteiger partial charge on any atom is 0.158 e. The SMILES string of the molecule is Cc1ccccc1C1(O)CCN(CCC2OCCCO2)C1. The number of hydrogen-bond acceptors (Lipinski definition) is 4. The molecule has 2 aliphatic rings. The van der Waals surface area contributed by atoms with Crippen LogP contribution in [0.2, 0.25) is 0 Å². The van der Waals surface area contributed by atoms with Crippen LogP contribution in [0.4, 0.5) is 0 Å². The fourth-order valence-corrected chi connectivity index (χ4v) is 3.37. The highest BCUT2D eigenvalue weighted by atomic mass is 16.7. The molecule has 2 heterocycles. The van der Waals surface area contributed by atoms with Crippen molar-refractivity contribution in [2.75, 3.05) is 32.8 Å². The van der Waals surface area contributed by atoms with Gasteiger partial charge in [0.1, 0.15) is 5.60 Å². The van der Waals surface area contributed by atoms with Gasteiger partial charge in [-0.15, -0.1) is 0 Å². The van der Waals surface area contributed by atoms with Crippen molar-refractivity contribution in [3.05, 3.63) is 35.4 Å². The second-order valence-corrected chi connectivity index (χ2v) is 6.19. The van der Waals surface area contributed by atoms with Crippen LogP contribution in [0, 0.1) is 6.92 Å². The Labute approximate surface area is 126 Å². The van der Waals surface area contributed by atoms with E-state index in [0.29, 0.717) is 6.54 Å². The molecule has 0 radical (unpaired) electrons. The highest BCUT2D eigenvalue weighted by Crippen LogP contribution is 2.33. The Morgan fingerprint density at radius 2 is 2.05 bits per heavy atom. The van der Waals surface area contributed by atoms with Crippen LogP contribution < -0.4 is 0 Å². The molecule has 0 aromatic heterocycles. The van der Waals surface area contributed by atoms with Crippen LogP contribution in [0.15, 0.2) is 24.3 Å². The summed E-state index contributed by atoms with van der Waals surface area (Å²) in [6.07, 6.45) is 2.60. The molecule has 2 saturated heterocycles. The summed E-state index contributed by atoms with van der Waals surface area (Å²) in [5.41, 5.74) is 1.53. The Morgan fingerprint density at radius 3 is 2.81 bits per heavy atom. The predicted octanol–water partition coefficient (Wildman–Crippen LogP) is 2.04. The number of aliphatic hydroxyl groups is 1. The third kappa shape index (κ3) is 3.46. The number of benzene rings is 1. The molecule has 0 aliphatic carbocycles. The summed E-state index contributed by atoms with van der Waals surface area (Å²) in [5, 5.41) is 10.9. The molecule has 2 aliphatic heterocycles. The van der Waals surface area contributed by atoms with Crippen molar-refractivity contribution in [3.8, 4) is 0 Å². The molecule has 3 rings (SSSR count). The van der Waals surface area contributed by atoms with Crippen LogP contribution in [0.5, 0.6) is 0 Å². The summed E-state index contributed by atoms with van der Waals surface area (Å²) in [6.45, 7) is 6.22. The van der Waals surface area contributed by atoms with Gasteiger partial charge in [0.25, 0.3) is 0 Å². The van der Waals surface area contributed by atoms with E-state index < -0.39 is 5.60 Å². The Kier molecular flexibility index (Phi) is 4.60. The summed E-state index contributed by atoms with van der Waals surface area (Å²) < 4.78 is 11.2. The quantitative estimate of drug-likeness (QED) is 0.922. The molecule has 0 amide bonds. The lowest BCUT2D eigenvalue weighted by atomic mass is 9.89. The van der Waals surface area contributed by atoms with E-state index in [1.54, 1.807) is 0 Å². The molecular formula is C17H25NO3. The summed E-state index contributed by atoms with van der Waals surface area (Å²) in [4.78, 5) is 2.31. The number of ether oxygens (including phenoxy) is 2. The van der Waals surface area contributed by atoms with Gasteiger partial charge in [-0.1, -0.05) is 24.3 Å². The van der Waals surface area contributed by atoms with Crippen LogP contribution >= 0.6 is 0 Å². The molecule has 1 aromatic rings. The Hall–Kier alpha value is -0.940. The molecule has 0 saturated carbocycles. The highest BCUT2D eigenvalue weighted by Gasteiger charge is 2.38. The minimum atomic E-state index is -0.709. The first-order chi connectivity index (χ1) is 10.2. The number of β-amino-alcohol motifs (C(OH)–C–C–N with tert-alkyl or cyclic N) is 1. The third-order valence-electron chi connectivity index (χ3n) is 4.55.